The Labute approximate surface area is 84.5 Å². The lowest BCUT2D eigenvalue weighted by Crippen LogP contribution is -2.02. The van der Waals surface area contributed by atoms with Crippen LogP contribution in [-0.2, 0) is 0 Å². The lowest BCUT2D eigenvalue weighted by molar-refractivity contribution is 0.599. The zero-order valence-corrected chi connectivity index (χ0v) is 7.88. The molecule has 0 nitrogen and oxygen atoms in total. The van der Waals surface area contributed by atoms with Gasteiger partial charge < -0.3 is 0 Å². The van der Waals surface area contributed by atoms with Crippen LogP contribution in [-0.4, -0.2) is 0 Å². The van der Waals surface area contributed by atoms with Gasteiger partial charge in [-0.2, -0.15) is 0 Å². The Morgan fingerprint density at radius 3 is 2.85 bits per heavy atom. The van der Waals surface area contributed by atoms with Gasteiger partial charge in [0.1, 0.15) is 0 Å². The molecule has 0 fully saturated rings. The maximum Gasteiger partial charge on any atom is 0.0575 e. The highest BCUT2D eigenvalue weighted by Crippen LogP contribution is 2.31. The van der Waals surface area contributed by atoms with Crippen LogP contribution in [0.15, 0.2) is 42.0 Å². The minimum absolute atomic E-state index is 0.146. The minimum atomic E-state index is -1.32. The quantitative estimate of drug-likeness (QED) is 0.568. The van der Waals surface area contributed by atoms with E-state index >= 15 is 0 Å². The summed E-state index contributed by atoms with van der Waals surface area (Å²) in [5, 5.41) is 0. The van der Waals surface area contributed by atoms with Crippen molar-refractivity contribution >= 4 is 0 Å². The molecule has 0 spiro atoms. The van der Waals surface area contributed by atoms with Crippen LogP contribution in [0.1, 0.15) is 41.7 Å². The first-order chi connectivity index (χ1) is 7.50. The molecule has 0 saturated carbocycles. The Bertz CT molecular complexity index is 406. The van der Waals surface area contributed by atoms with Crippen LogP contribution in [0.4, 0.5) is 0 Å². The van der Waals surface area contributed by atoms with E-state index in [9.17, 15) is 0 Å². The summed E-state index contributed by atoms with van der Waals surface area (Å²) in [6, 6.07) is 10.4. The summed E-state index contributed by atoms with van der Waals surface area (Å²) in [6.45, 7) is 1.74. The van der Waals surface area contributed by atoms with Crippen LogP contribution in [0.25, 0.3) is 0 Å². The van der Waals surface area contributed by atoms with Gasteiger partial charge in [0.05, 0.1) is 1.37 Å². The van der Waals surface area contributed by atoms with Gasteiger partial charge in [-0.15, -0.1) is 0 Å². The zero-order chi connectivity index (χ0) is 11.8. The van der Waals surface area contributed by atoms with Crippen LogP contribution in [0.3, 0.4) is 0 Å². The van der Waals surface area contributed by atoms with Gasteiger partial charge in [-0.3, -0.25) is 0 Å². The molecule has 0 bridgehead atoms. The third-order valence-corrected chi connectivity index (χ3v) is 2.50. The number of rotatable bonds is 1. The van der Waals surface area contributed by atoms with Gasteiger partial charge in [0.15, 0.2) is 0 Å². The number of hydrogen-bond donors (Lipinski definition) is 0. The first kappa shape index (κ1) is 5.64. The molecule has 1 aromatic rings. The van der Waals surface area contributed by atoms with E-state index in [-0.39, 0.29) is 5.92 Å². The molecular formula is C13H16. The van der Waals surface area contributed by atoms with Crippen molar-refractivity contribution in [2.75, 3.05) is 0 Å². The predicted octanol–water partition coefficient (Wildman–Crippen LogP) is 3.90. The van der Waals surface area contributed by atoms with E-state index in [1.165, 1.54) is 0 Å². The fraction of sp³-hybridized carbons (Fsp3) is 0.385. The van der Waals surface area contributed by atoms with Crippen molar-refractivity contribution < 1.29 is 4.11 Å². The molecule has 13 heavy (non-hydrogen) atoms. The van der Waals surface area contributed by atoms with Crippen molar-refractivity contribution in [1.82, 2.24) is 0 Å². The molecule has 0 radical (unpaired) electrons. The first-order valence-electron chi connectivity index (χ1n) is 6.22. The molecular weight excluding hydrogens is 156 g/mol. The summed E-state index contributed by atoms with van der Waals surface area (Å²) in [5.41, 5.74) is 1.74. The number of benzene rings is 1. The highest BCUT2D eigenvalue weighted by molar-refractivity contribution is 5.22. The summed E-state index contributed by atoms with van der Waals surface area (Å²) >= 11 is 0. The minimum Gasteiger partial charge on any atom is -0.0850 e. The van der Waals surface area contributed by atoms with Crippen molar-refractivity contribution in [1.29, 1.82) is 0 Å². The first-order valence-corrected chi connectivity index (χ1v) is 4.72. The Morgan fingerprint density at radius 2 is 2.15 bits per heavy atom. The van der Waals surface area contributed by atoms with Gasteiger partial charge in [0.2, 0.25) is 0 Å². The van der Waals surface area contributed by atoms with E-state index in [2.05, 4.69) is 0 Å². The van der Waals surface area contributed by atoms with Gasteiger partial charge in [-0.25, -0.2) is 0 Å². The van der Waals surface area contributed by atoms with E-state index < -0.39 is 6.37 Å². The summed E-state index contributed by atoms with van der Waals surface area (Å²) < 4.78 is 23.7. The number of allylic oxidation sites excluding steroid dienone is 2. The van der Waals surface area contributed by atoms with E-state index in [4.69, 9.17) is 4.11 Å². The van der Waals surface area contributed by atoms with Crippen LogP contribution >= 0.6 is 0 Å². The molecule has 1 aliphatic carbocycles. The highest BCUT2D eigenvalue weighted by Gasteiger charge is 2.13. The molecule has 2 rings (SSSR count). The summed E-state index contributed by atoms with van der Waals surface area (Å²) in [4.78, 5) is 0. The molecule has 68 valence electrons. The Hall–Kier alpha value is -1.04. The normalized spacial score (nSPS) is 30.5. The van der Waals surface area contributed by atoms with Crippen molar-refractivity contribution in [2.24, 2.45) is 0 Å². The van der Waals surface area contributed by atoms with E-state index in [0.717, 1.165) is 5.56 Å². The Morgan fingerprint density at radius 1 is 1.38 bits per heavy atom. The van der Waals surface area contributed by atoms with Crippen LogP contribution in [0, 0.1) is 0 Å². The second kappa shape index (κ2) is 3.78. The average molecular weight is 175 g/mol. The molecule has 0 heterocycles. The van der Waals surface area contributed by atoms with E-state index in [1.54, 1.807) is 6.92 Å². The molecule has 0 aliphatic heterocycles. The van der Waals surface area contributed by atoms with Crippen molar-refractivity contribution in [2.45, 2.75) is 32.1 Å². The van der Waals surface area contributed by atoms with Gasteiger partial charge in [0.25, 0.3) is 0 Å². The summed E-state index contributed by atoms with van der Waals surface area (Å²) in [6.07, 6.45) is -0.170. The van der Waals surface area contributed by atoms with E-state index in [1.807, 2.05) is 30.3 Å². The lowest BCUT2D eigenvalue weighted by Gasteiger charge is -2.20. The van der Waals surface area contributed by atoms with Crippen molar-refractivity contribution in [3.05, 3.63) is 47.5 Å². The van der Waals surface area contributed by atoms with Crippen LogP contribution in [0.2, 0.25) is 0 Å². The van der Waals surface area contributed by atoms with Gasteiger partial charge in [-0.05, 0) is 37.6 Å². The van der Waals surface area contributed by atoms with Crippen molar-refractivity contribution in [3.8, 4) is 0 Å². The molecule has 1 aliphatic rings. The number of hydrogen-bond acceptors (Lipinski definition) is 0. The van der Waals surface area contributed by atoms with Gasteiger partial charge in [0, 0.05) is 2.74 Å². The standard InChI is InChI=1S/C13H16/c1-11-7-9-13(10-8-11)12-5-3-2-4-6-12/h2-7,13H,8-10H2,1H3/i7D,8D2. The van der Waals surface area contributed by atoms with Crippen LogP contribution in [0.5, 0.6) is 0 Å². The SMILES string of the molecule is [2H]C1=C(C)C([2H])([2H])CC(c2ccccc2)C1. The summed E-state index contributed by atoms with van der Waals surface area (Å²) in [7, 11) is 0. The molecule has 0 amide bonds. The smallest absolute Gasteiger partial charge is 0.0575 e. The van der Waals surface area contributed by atoms with Crippen molar-refractivity contribution in [3.63, 3.8) is 0 Å². The average Bonchev–Trinajstić information content (AvgIpc) is 2.26. The predicted molar refractivity (Wildman–Crippen MR) is 56.8 cm³/mol. The third-order valence-electron chi connectivity index (χ3n) is 2.50. The lowest BCUT2D eigenvalue weighted by atomic mass is 9.85. The molecule has 0 saturated heterocycles. The Kier molecular flexibility index (Phi) is 1.64. The fourth-order valence-corrected chi connectivity index (χ4v) is 1.65. The molecule has 0 aromatic heterocycles. The zero-order valence-electron chi connectivity index (χ0n) is 10.9. The maximum atomic E-state index is 7.93. The van der Waals surface area contributed by atoms with E-state index in [0.29, 0.717) is 24.5 Å². The molecule has 1 aromatic carbocycles. The fourth-order valence-electron chi connectivity index (χ4n) is 1.65. The van der Waals surface area contributed by atoms with Gasteiger partial charge in [-0.1, -0.05) is 42.0 Å². The molecule has 1 unspecified atom stereocenters. The maximum absolute atomic E-state index is 7.93. The van der Waals surface area contributed by atoms with Gasteiger partial charge >= 0.3 is 0 Å². The third kappa shape index (κ3) is 2.00. The topological polar surface area (TPSA) is 0 Å². The summed E-state index contributed by atoms with van der Waals surface area (Å²) in [5.74, 6) is 0.146. The second-order valence-corrected chi connectivity index (χ2v) is 3.49. The highest BCUT2D eigenvalue weighted by atomic mass is 14.2. The second-order valence-electron chi connectivity index (χ2n) is 3.49. The Balaban J connectivity index is 2.30. The monoisotopic (exact) mass is 175 g/mol. The molecule has 1 atom stereocenters. The van der Waals surface area contributed by atoms with Crippen LogP contribution < -0.4 is 0 Å². The largest absolute Gasteiger partial charge is 0.0850 e. The molecule has 0 heteroatoms. The molecule has 0 N–H and O–H groups in total.